The minimum absolute atomic E-state index is 0.648. The second-order valence-corrected chi connectivity index (χ2v) is 14.0. The van der Waals surface area contributed by atoms with Gasteiger partial charge in [0.1, 0.15) is 0 Å². The molecule has 0 aliphatic heterocycles. The Bertz CT molecular complexity index is 3180. The Labute approximate surface area is 317 Å². The minimum Gasteiger partial charge on any atom is -0.309 e. The molecule has 0 radical (unpaired) electrons. The summed E-state index contributed by atoms with van der Waals surface area (Å²) in [5, 5.41) is 9.73. The molecule has 9 aromatic carbocycles. The van der Waals surface area contributed by atoms with Crippen molar-refractivity contribution in [2.45, 2.75) is 0 Å². The van der Waals surface area contributed by atoms with Crippen molar-refractivity contribution >= 4 is 54.1 Å². The number of hydrogen-bond acceptors (Lipinski definition) is 3. The van der Waals surface area contributed by atoms with Crippen molar-refractivity contribution in [1.29, 1.82) is 0 Å². The number of para-hydroxylation sites is 2. The first kappa shape index (κ1) is 31.1. The van der Waals surface area contributed by atoms with Crippen molar-refractivity contribution in [3.63, 3.8) is 0 Å². The lowest BCUT2D eigenvalue weighted by atomic mass is 9.91. The molecule has 4 nitrogen and oxygen atoms in total. The number of aromatic nitrogens is 4. The van der Waals surface area contributed by atoms with E-state index in [9.17, 15) is 0 Å². The minimum atomic E-state index is 0.648. The predicted molar refractivity (Wildman–Crippen MR) is 228 cm³/mol. The van der Waals surface area contributed by atoms with Crippen LogP contribution in [0.5, 0.6) is 0 Å². The normalized spacial score (nSPS) is 11.6. The van der Waals surface area contributed by atoms with Crippen LogP contribution in [-0.2, 0) is 0 Å². The Kier molecular flexibility index (Phi) is 7.14. The van der Waals surface area contributed by atoms with E-state index in [1.807, 2.05) is 60.7 Å². The van der Waals surface area contributed by atoms with E-state index in [1.165, 1.54) is 65.3 Å². The first-order chi connectivity index (χ1) is 27.3. The van der Waals surface area contributed by atoms with Gasteiger partial charge in [-0.25, -0.2) is 15.0 Å². The van der Waals surface area contributed by atoms with E-state index in [0.717, 1.165) is 22.4 Å². The Balaban J connectivity index is 1.11. The van der Waals surface area contributed by atoms with E-state index >= 15 is 0 Å². The number of nitrogens with zero attached hydrogens (tertiary/aromatic N) is 4. The lowest BCUT2D eigenvalue weighted by Gasteiger charge is -2.14. The van der Waals surface area contributed by atoms with Crippen molar-refractivity contribution in [3.8, 4) is 51.0 Å². The molecule has 2 heterocycles. The fourth-order valence-electron chi connectivity index (χ4n) is 8.22. The SMILES string of the molecule is c1ccc(-c2nc(-c3ccccc3)nc(-c3ccc4c5ccccc5c5cc(-c6ccc7c8ccccc8n(-c8ccccc8)c7c6)ccc5c4c3)n2)cc1. The molecule has 0 fully saturated rings. The maximum absolute atomic E-state index is 5.05. The van der Waals surface area contributed by atoms with Gasteiger partial charge in [0.05, 0.1) is 11.0 Å². The number of rotatable bonds is 5. The van der Waals surface area contributed by atoms with Crippen LogP contribution in [0.4, 0.5) is 0 Å². The molecule has 4 heteroatoms. The van der Waals surface area contributed by atoms with Crippen LogP contribution in [0.1, 0.15) is 0 Å². The van der Waals surface area contributed by atoms with E-state index in [4.69, 9.17) is 15.0 Å². The second kappa shape index (κ2) is 12.6. The predicted octanol–water partition coefficient (Wildman–Crippen LogP) is 13.1. The quantitative estimate of drug-likeness (QED) is 0.168. The van der Waals surface area contributed by atoms with Crippen LogP contribution in [-0.4, -0.2) is 19.5 Å². The van der Waals surface area contributed by atoms with Gasteiger partial charge in [-0.05, 0) is 79.8 Å². The monoisotopic (exact) mass is 700 g/mol. The van der Waals surface area contributed by atoms with Gasteiger partial charge in [-0.1, -0.05) is 158 Å². The molecule has 0 bridgehead atoms. The molecular formula is C51H32N4. The number of hydrogen-bond donors (Lipinski definition) is 0. The topological polar surface area (TPSA) is 43.6 Å². The van der Waals surface area contributed by atoms with Crippen molar-refractivity contribution in [2.75, 3.05) is 0 Å². The Hall–Kier alpha value is -7.43. The highest BCUT2D eigenvalue weighted by atomic mass is 15.0. The molecule has 0 amide bonds. The smallest absolute Gasteiger partial charge is 0.164 e. The van der Waals surface area contributed by atoms with Crippen LogP contribution in [0.15, 0.2) is 194 Å². The van der Waals surface area contributed by atoms with Crippen LogP contribution >= 0.6 is 0 Å². The van der Waals surface area contributed by atoms with E-state index in [1.54, 1.807) is 0 Å². The van der Waals surface area contributed by atoms with Gasteiger partial charge in [-0.3, -0.25) is 0 Å². The largest absolute Gasteiger partial charge is 0.309 e. The molecule has 0 atom stereocenters. The summed E-state index contributed by atoms with van der Waals surface area (Å²) in [7, 11) is 0. The third kappa shape index (κ3) is 5.19. The lowest BCUT2D eigenvalue weighted by Crippen LogP contribution is -2.00. The van der Waals surface area contributed by atoms with Crippen molar-refractivity contribution in [2.24, 2.45) is 0 Å². The summed E-state index contributed by atoms with van der Waals surface area (Å²) >= 11 is 0. The van der Waals surface area contributed by atoms with Crippen LogP contribution in [0, 0.1) is 0 Å². The molecular weight excluding hydrogens is 669 g/mol. The molecule has 0 saturated heterocycles. The van der Waals surface area contributed by atoms with Crippen LogP contribution in [0.3, 0.4) is 0 Å². The molecule has 55 heavy (non-hydrogen) atoms. The Morgan fingerprint density at radius 1 is 0.255 bits per heavy atom. The summed E-state index contributed by atoms with van der Waals surface area (Å²) in [6.45, 7) is 0. The standard InChI is InChI=1S/C51H32N4/c1-4-14-33(15-5-1)49-52-50(34-16-6-2-7-17-34)54-51(53-49)37-26-28-41-39-20-10-11-21-40(39)45-30-35(24-27-42(45)46(41)31-37)36-25-29-44-43-22-12-13-23-47(43)55(48(44)32-36)38-18-8-3-9-19-38/h1-32H. The molecule has 0 saturated carbocycles. The summed E-state index contributed by atoms with van der Waals surface area (Å²) < 4.78 is 2.38. The third-order valence-electron chi connectivity index (χ3n) is 10.8. The van der Waals surface area contributed by atoms with Gasteiger partial charge in [0.15, 0.2) is 17.5 Å². The molecule has 11 rings (SSSR count). The third-order valence-corrected chi connectivity index (χ3v) is 10.8. The summed E-state index contributed by atoms with van der Waals surface area (Å²) in [5.41, 5.74) is 8.77. The van der Waals surface area contributed by atoms with Crippen LogP contribution < -0.4 is 0 Å². The second-order valence-electron chi connectivity index (χ2n) is 14.0. The van der Waals surface area contributed by atoms with Gasteiger partial charge in [0.2, 0.25) is 0 Å². The lowest BCUT2D eigenvalue weighted by molar-refractivity contribution is 1.07. The summed E-state index contributed by atoms with van der Waals surface area (Å²) in [6, 6.07) is 68.8. The fraction of sp³-hybridized carbons (Fsp3) is 0. The van der Waals surface area contributed by atoms with Crippen LogP contribution in [0.25, 0.3) is 105 Å². The summed E-state index contributed by atoms with van der Waals surface area (Å²) in [5.74, 6) is 1.95. The van der Waals surface area contributed by atoms with Gasteiger partial charge in [0.25, 0.3) is 0 Å². The van der Waals surface area contributed by atoms with Gasteiger partial charge in [-0.2, -0.15) is 0 Å². The zero-order valence-corrected chi connectivity index (χ0v) is 29.8. The van der Waals surface area contributed by atoms with E-state index in [0.29, 0.717) is 17.5 Å². The Morgan fingerprint density at radius 3 is 1.29 bits per heavy atom. The van der Waals surface area contributed by atoms with Crippen molar-refractivity contribution < 1.29 is 0 Å². The van der Waals surface area contributed by atoms with Crippen molar-refractivity contribution in [3.05, 3.63) is 194 Å². The van der Waals surface area contributed by atoms with E-state index in [2.05, 4.69) is 138 Å². The van der Waals surface area contributed by atoms with Crippen LogP contribution in [0.2, 0.25) is 0 Å². The average molecular weight is 701 g/mol. The molecule has 0 spiro atoms. The van der Waals surface area contributed by atoms with Gasteiger partial charge >= 0.3 is 0 Å². The molecule has 11 aromatic rings. The van der Waals surface area contributed by atoms with E-state index < -0.39 is 0 Å². The van der Waals surface area contributed by atoms with Gasteiger partial charge in [-0.15, -0.1) is 0 Å². The fourth-order valence-corrected chi connectivity index (χ4v) is 8.22. The van der Waals surface area contributed by atoms with Crippen molar-refractivity contribution in [1.82, 2.24) is 19.5 Å². The zero-order chi connectivity index (χ0) is 36.3. The molecule has 0 N–H and O–H groups in total. The van der Waals surface area contributed by atoms with E-state index in [-0.39, 0.29) is 0 Å². The molecule has 0 unspecified atom stereocenters. The average Bonchev–Trinajstić information content (AvgIpc) is 3.60. The first-order valence-corrected chi connectivity index (χ1v) is 18.6. The molecule has 2 aromatic heterocycles. The highest BCUT2D eigenvalue weighted by Gasteiger charge is 2.17. The summed E-state index contributed by atoms with van der Waals surface area (Å²) in [6.07, 6.45) is 0. The van der Waals surface area contributed by atoms with Gasteiger partial charge in [0, 0.05) is 33.2 Å². The molecule has 256 valence electrons. The van der Waals surface area contributed by atoms with Gasteiger partial charge < -0.3 is 4.57 Å². The zero-order valence-electron chi connectivity index (χ0n) is 29.8. The highest BCUT2D eigenvalue weighted by Crippen LogP contribution is 2.40. The molecule has 0 aliphatic carbocycles. The first-order valence-electron chi connectivity index (χ1n) is 18.6. The highest BCUT2D eigenvalue weighted by molar-refractivity contribution is 6.26. The Morgan fingerprint density at radius 2 is 0.655 bits per heavy atom. The molecule has 0 aliphatic rings. The number of benzene rings is 9. The number of fused-ring (bicyclic) bond motifs is 9. The maximum atomic E-state index is 5.05. The summed E-state index contributed by atoms with van der Waals surface area (Å²) in [4.78, 5) is 15.0. The maximum Gasteiger partial charge on any atom is 0.164 e.